The van der Waals surface area contributed by atoms with Crippen LogP contribution in [-0.4, -0.2) is 61.2 Å². The zero-order chi connectivity index (χ0) is 33.1. The summed E-state index contributed by atoms with van der Waals surface area (Å²) in [6.45, 7) is 11.6. The SMILES string of the molecule is CC=CCn1c(N2CCC[C@H](NC(=O)OC(C)(C)C)C2)nc2c1c(=O)n(CC(=O)c1ccccc1NC(=O)C(C)C)c(=O)n2C. The van der Waals surface area contributed by atoms with Crippen molar-refractivity contribution in [1.82, 2.24) is 24.0 Å². The Balaban J connectivity index is 1.73. The van der Waals surface area contributed by atoms with Crippen LogP contribution in [-0.2, 0) is 29.7 Å². The number of aryl methyl sites for hydroxylation is 1. The molecule has 0 spiro atoms. The molecule has 13 heteroatoms. The highest BCUT2D eigenvalue weighted by Crippen LogP contribution is 2.24. The Morgan fingerprint density at radius 3 is 2.51 bits per heavy atom. The second kappa shape index (κ2) is 13.5. The number of allylic oxidation sites excluding steroid dienone is 2. The maximum atomic E-state index is 14.0. The molecule has 1 fully saturated rings. The molecule has 1 saturated heterocycles. The first kappa shape index (κ1) is 33.2. The number of amides is 2. The summed E-state index contributed by atoms with van der Waals surface area (Å²) >= 11 is 0. The summed E-state index contributed by atoms with van der Waals surface area (Å²) in [4.78, 5) is 72.6. The van der Waals surface area contributed by atoms with E-state index in [2.05, 4.69) is 10.6 Å². The van der Waals surface area contributed by atoms with Gasteiger partial charge >= 0.3 is 11.8 Å². The minimum absolute atomic E-state index is 0.182. The highest BCUT2D eigenvalue weighted by Gasteiger charge is 2.29. The number of benzene rings is 1. The van der Waals surface area contributed by atoms with Gasteiger partial charge in [-0.1, -0.05) is 38.1 Å². The zero-order valence-corrected chi connectivity index (χ0v) is 27.0. The maximum Gasteiger partial charge on any atom is 0.407 e. The van der Waals surface area contributed by atoms with Crippen molar-refractivity contribution in [3.63, 3.8) is 0 Å². The number of nitrogens with zero attached hydrogens (tertiary/aromatic N) is 5. The quantitative estimate of drug-likeness (QED) is 0.273. The van der Waals surface area contributed by atoms with Crippen LogP contribution in [0.5, 0.6) is 0 Å². The number of nitrogens with one attached hydrogen (secondary N) is 2. The summed E-state index contributed by atoms with van der Waals surface area (Å²) in [6.07, 6.45) is 4.73. The van der Waals surface area contributed by atoms with Gasteiger partial charge in [-0.25, -0.2) is 9.59 Å². The van der Waals surface area contributed by atoms with Crippen molar-refractivity contribution in [2.24, 2.45) is 13.0 Å². The molecule has 1 atom stereocenters. The van der Waals surface area contributed by atoms with E-state index in [1.165, 1.54) is 11.6 Å². The van der Waals surface area contributed by atoms with Gasteiger partial charge in [0.25, 0.3) is 5.56 Å². The van der Waals surface area contributed by atoms with E-state index in [1.54, 1.807) is 63.5 Å². The monoisotopic (exact) mass is 621 g/mol. The van der Waals surface area contributed by atoms with Gasteiger partial charge in [-0.05, 0) is 52.7 Å². The average Bonchev–Trinajstić information content (AvgIpc) is 3.36. The summed E-state index contributed by atoms with van der Waals surface area (Å²) in [7, 11) is 1.52. The number of carbonyl (C=O) groups excluding carboxylic acids is 3. The van der Waals surface area contributed by atoms with Gasteiger partial charge in [0.1, 0.15) is 5.60 Å². The highest BCUT2D eigenvalue weighted by atomic mass is 16.6. The van der Waals surface area contributed by atoms with Gasteiger partial charge in [-0.3, -0.25) is 23.5 Å². The molecular formula is C32H43N7O6. The molecule has 0 unspecified atom stereocenters. The largest absolute Gasteiger partial charge is 0.444 e. The van der Waals surface area contributed by atoms with Crippen molar-refractivity contribution in [2.45, 2.75) is 79.1 Å². The molecule has 2 amide bonds. The molecule has 2 N–H and O–H groups in total. The molecule has 13 nitrogen and oxygen atoms in total. The Bertz CT molecular complexity index is 1740. The van der Waals surface area contributed by atoms with Crippen molar-refractivity contribution in [1.29, 1.82) is 0 Å². The van der Waals surface area contributed by atoms with Crippen molar-refractivity contribution in [2.75, 3.05) is 23.3 Å². The van der Waals surface area contributed by atoms with E-state index >= 15 is 0 Å². The first-order valence-electron chi connectivity index (χ1n) is 15.2. The summed E-state index contributed by atoms with van der Waals surface area (Å²) in [5, 5.41) is 5.69. The number of para-hydroxylation sites is 1. The molecule has 4 rings (SSSR count). The number of ether oxygens (including phenoxy) is 1. The van der Waals surface area contributed by atoms with Crippen LogP contribution in [0, 0.1) is 5.92 Å². The lowest BCUT2D eigenvalue weighted by Crippen LogP contribution is -2.49. The van der Waals surface area contributed by atoms with E-state index in [0.29, 0.717) is 31.3 Å². The van der Waals surface area contributed by atoms with E-state index in [4.69, 9.17) is 9.72 Å². The Labute approximate surface area is 261 Å². The minimum Gasteiger partial charge on any atom is -0.444 e. The lowest BCUT2D eigenvalue weighted by molar-refractivity contribution is -0.118. The molecule has 0 saturated carbocycles. The molecule has 1 aliphatic rings. The van der Waals surface area contributed by atoms with Gasteiger partial charge in [0.2, 0.25) is 11.9 Å². The van der Waals surface area contributed by atoms with Crippen LogP contribution in [0.3, 0.4) is 0 Å². The van der Waals surface area contributed by atoms with Gasteiger partial charge in [0.05, 0.1) is 12.2 Å². The molecule has 3 heterocycles. The van der Waals surface area contributed by atoms with Crippen LogP contribution in [0.1, 0.15) is 64.7 Å². The number of rotatable bonds is 9. The minimum atomic E-state index is -0.685. The number of aromatic nitrogens is 4. The summed E-state index contributed by atoms with van der Waals surface area (Å²) in [5.41, 5.74) is -1.08. The predicted molar refractivity (Wildman–Crippen MR) is 173 cm³/mol. The standard InChI is InChI=1S/C32H43N7O6/c1-8-9-17-38-25-26(35-29(38)37-16-12-13-21(18-37)33-30(43)45-32(4,5)6)36(7)31(44)39(28(25)42)19-24(40)22-14-10-11-15-23(22)34-27(41)20(2)3/h8-11,14-15,20-21H,12-13,16-19H2,1-7H3,(H,33,43)(H,34,41)/t21-/m0/s1. The second-order valence-corrected chi connectivity index (χ2v) is 12.5. The molecule has 3 aromatic rings. The number of fused-ring (bicyclic) bond motifs is 1. The molecule has 45 heavy (non-hydrogen) atoms. The lowest BCUT2D eigenvalue weighted by Gasteiger charge is -2.34. The topological polar surface area (TPSA) is 150 Å². The molecule has 242 valence electrons. The van der Waals surface area contributed by atoms with Gasteiger partial charge in [0.15, 0.2) is 16.9 Å². The van der Waals surface area contributed by atoms with Crippen LogP contribution < -0.4 is 26.8 Å². The van der Waals surface area contributed by atoms with Crippen molar-refractivity contribution in [3.05, 3.63) is 62.8 Å². The third-order valence-corrected chi connectivity index (χ3v) is 7.47. The van der Waals surface area contributed by atoms with Crippen LogP contribution in [0.25, 0.3) is 11.2 Å². The summed E-state index contributed by atoms with van der Waals surface area (Å²) in [6, 6.07) is 6.31. The maximum absolute atomic E-state index is 14.0. The van der Waals surface area contributed by atoms with Crippen LogP contribution in [0.4, 0.5) is 16.4 Å². The first-order valence-corrected chi connectivity index (χ1v) is 15.2. The summed E-state index contributed by atoms with van der Waals surface area (Å²) in [5.74, 6) is -0.580. The number of anilines is 2. The molecule has 2 aromatic heterocycles. The zero-order valence-electron chi connectivity index (χ0n) is 27.0. The van der Waals surface area contributed by atoms with Gasteiger partial charge in [-0.2, -0.15) is 4.98 Å². The van der Waals surface area contributed by atoms with E-state index in [1.807, 2.05) is 24.0 Å². The number of hydrogen-bond donors (Lipinski definition) is 2. The average molecular weight is 622 g/mol. The fourth-order valence-electron chi connectivity index (χ4n) is 5.22. The van der Waals surface area contributed by atoms with Crippen molar-refractivity contribution < 1.29 is 19.1 Å². The molecule has 0 radical (unpaired) electrons. The van der Waals surface area contributed by atoms with E-state index in [0.717, 1.165) is 17.4 Å². The van der Waals surface area contributed by atoms with Crippen LogP contribution in [0.2, 0.25) is 0 Å². The number of Topliss-reactive ketones (excluding diaryl/α,β-unsaturated/α-hetero) is 1. The van der Waals surface area contributed by atoms with Gasteiger partial charge in [0, 0.05) is 44.2 Å². The number of ketones is 1. The van der Waals surface area contributed by atoms with E-state index in [9.17, 15) is 24.0 Å². The molecule has 1 aromatic carbocycles. The summed E-state index contributed by atoms with van der Waals surface area (Å²) < 4.78 is 9.36. The fourth-order valence-corrected chi connectivity index (χ4v) is 5.22. The Morgan fingerprint density at radius 2 is 1.84 bits per heavy atom. The lowest BCUT2D eigenvalue weighted by atomic mass is 10.1. The van der Waals surface area contributed by atoms with Crippen molar-refractivity contribution in [3.8, 4) is 0 Å². The smallest absolute Gasteiger partial charge is 0.407 e. The Kier molecular flexibility index (Phi) is 9.99. The number of piperidine rings is 1. The first-order chi connectivity index (χ1) is 21.2. The van der Waals surface area contributed by atoms with Gasteiger partial charge < -0.3 is 24.8 Å². The Hall–Kier alpha value is -4.68. The fraction of sp³-hybridized carbons (Fsp3) is 0.500. The number of imidazole rings is 1. The molecule has 0 bridgehead atoms. The number of hydrogen-bond acceptors (Lipinski definition) is 8. The van der Waals surface area contributed by atoms with Crippen molar-refractivity contribution >= 4 is 40.6 Å². The normalized spacial score (nSPS) is 15.6. The van der Waals surface area contributed by atoms with E-state index < -0.39 is 35.3 Å². The van der Waals surface area contributed by atoms with E-state index in [-0.39, 0.29) is 34.6 Å². The predicted octanol–water partition coefficient (Wildman–Crippen LogP) is 3.44. The molecule has 0 aliphatic carbocycles. The second-order valence-electron chi connectivity index (χ2n) is 12.5. The third-order valence-electron chi connectivity index (χ3n) is 7.47. The van der Waals surface area contributed by atoms with Gasteiger partial charge in [-0.15, -0.1) is 0 Å². The number of alkyl carbamates (subject to hydrolysis) is 1. The third kappa shape index (κ3) is 7.52. The molecule has 1 aliphatic heterocycles. The van der Waals surface area contributed by atoms with Crippen LogP contribution >= 0.6 is 0 Å². The highest BCUT2D eigenvalue weighted by molar-refractivity contribution is 6.05. The Morgan fingerprint density at radius 1 is 1.13 bits per heavy atom. The van der Waals surface area contributed by atoms with Crippen LogP contribution in [0.15, 0.2) is 46.0 Å². The number of carbonyl (C=O) groups is 3. The molecular weight excluding hydrogens is 578 g/mol.